The number of thioether (sulfide) groups is 1. The number of carbonyl (C=O) groups is 1. The summed E-state index contributed by atoms with van der Waals surface area (Å²) in [6, 6.07) is 9.92. The number of nitrogens with one attached hydrogen (secondary N) is 1. The molecule has 3 aromatic rings. The van der Waals surface area contributed by atoms with Crippen LogP contribution >= 0.6 is 46.3 Å². The Morgan fingerprint density at radius 3 is 2.80 bits per heavy atom. The van der Waals surface area contributed by atoms with Gasteiger partial charge in [-0.1, -0.05) is 65.3 Å². The van der Waals surface area contributed by atoms with E-state index in [0.717, 1.165) is 15.6 Å². The van der Waals surface area contributed by atoms with Crippen molar-refractivity contribution in [3.05, 3.63) is 57.5 Å². The molecule has 8 heteroatoms. The summed E-state index contributed by atoms with van der Waals surface area (Å²) in [4.78, 5) is 20.7. The van der Waals surface area contributed by atoms with Crippen molar-refractivity contribution in [3.8, 4) is 11.3 Å². The summed E-state index contributed by atoms with van der Waals surface area (Å²) in [6.45, 7) is 1.78. The largest absolute Gasteiger partial charge is 0.309 e. The minimum Gasteiger partial charge on any atom is -0.309 e. The Bertz CT molecular complexity index is 900. The molecule has 0 aliphatic carbocycles. The van der Waals surface area contributed by atoms with Crippen LogP contribution in [0.3, 0.4) is 0 Å². The standard InChI is InChI=1S/C17H13Cl2N3OS2/c1-10-12(18)7-20-16(15(10)19)22-14(23)9-25-17-21-13(8-24-17)11-5-3-2-4-6-11/h2-8H,9H2,1H3,(H,20,22,23). The van der Waals surface area contributed by atoms with Crippen LogP contribution in [0, 0.1) is 6.92 Å². The van der Waals surface area contributed by atoms with Crippen LogP contribution < -0.4 is 5.32 Å². The second-order valence-electron chi connectivity index (χ2n) is 5.10. The lowest BCUT2D eigenvalue weighted by Gasteiger charge is -2.08. The number of hydrogen-bond donors (Lipinski definition) is 1. The van der Waals surface area contributed by atoms with Gasteiger partial charge in [-0.05, 0) is 12.5 Å². The van der Waals surface area contributed by atoms with E-state index in [0.29, 0.717) is 21.4 Å². The maximum atomic E-state index is 12.1. The summed E-state index contributed by atoms with van der Waals surface area (Å²) >= 11 is 15.0. The van der Waals surface area contributed by atoms with Crippen molar-refractivity contribution in [2.45, 2.75) is 11.3 Å². The van der Waals surface area contributed by atoms with Gasteiger partial charge >= 0.3 is 0 Å². The first-order chi connectivity index (χ1) is 12.0. The lowest BCUT2D eigenvalue weighted by molar-refractivity contribution is -0.113. The molecule has 25 heavy (non-hydrogen) atoms. The van der Waals surface area contributed by atoms with Crippen LogP contribution in [0.4, 0.5) is 5.82 Å². The fourth-order valence-corrected chi connectivity index (χ4v) is 4.03. The molecular weight excluding hydrogens is 397 g/mol. The first-order valence-corrected chi connectivity index (χ1v) is 9.91. The first kappa shape index (κ1) is 18.2. The Labute approximate surface area is 163 Å². The third-order valence-corrected chi connectivity index (χ3v) is 6.20. The number of rotatable bonds is 5. The molecule has 0 radical (unpaired) electrons. The smallest absolute Gasteiger partial charge is 0.236 e. The molecule has 0 spiro atoms. The Kier molecular flexibility index (Phi) is 5.96. The molecule has 1 N–H and O–H groups in total. The number of hydrogen-bond acceptors (Lipinski definition) is 5. The van der Waals surface area contributed by atoms with E-state index in [9.17, 15) is 4.79 Å². The molecule has 4 nitrogen and oxygen atoms in total. The van der Waals surface area contributed by atoms with Crippen LogP contribution in [0.1, 0.15) is 5.56 Å². The van der Waals surface area contributed by atoms with E-state index in [-0.39, 0.29) is 11.7 Å². The van der Waals surface area contributed by atoms with Gasteiger partial charge in [-0.2, -0.15) is 0 Å². The van der Waals surface area contributed by atoms with Crippen molar-refractivity contribution in [2.24, 2.45) is 0 Å². The van der Waals surface area contributed by atoms with Gasteiger partial charge in [0.2, 0.25) is 5.91 Å². The molecule has 0 saturated heterocycles. The monoisotopic (exact) mass is 409 g/mol. The summed E-state index contributed by atoms with van der Waals surface area (Å²) < 4.78 is 0.834. The van der Waals surface area contributed by atoms with Gasteiger partial charge in [-0.25, -0.2) is 9.97 Å². The minimum atomic E-state index is -0.197. The molecule has 0 fully saturated rings. The Hall–Kier alpha value is -1.60. The second kappa shape index (κ2) is 8.19. The van der Waals surface area contributed by atoms with Crippen LogP contribution in [-0.2, 0) is 4.79 Å². The summed E-state index contributed by atoms with van der Waals surface area (Å²) in [5.74, 6) is 0.345. The molecule has 3 rings (SSSR count). The average molecular weight is 410 g/mol. The SMILES string of the molecule is Cc1c(Cl)cnc(NC(=O)CSc2nc(-c3ccccc3)cs2)c1Cl. The lowest BCUT2D eigenvalue weighted by Crippen LogP contribution is -2.15. The van der Waals surface area contributed by atoms with Gasteiger partial charge in [0.15, 0.2) is 10.2 Å². The zero-order valence-corrected chi connectivity index (χ0v) is 16.3. The van der Waals surface area contributed by atoms with Crippen molar-refractivity contribution in [3.63, 3.8) is 0 Å². The van der Waals surface area contributed by atoms with Gasteiger partial charge in [0, 0.05) is 17.1 Å². The number of anilines is 1. The lowest BCUT2D eigenvalue weighted by atomic mass is 10.2. The van der Waals surface area contributed by atoms with Crippen molar-refractivity contribution in [1.29, 1.82) is 0 Å². The number of thiazole rings is 1. The molecule has 0 aliphatic heterocycles. The molecule has 1 amide bonds. The molecule has 2 heterocycles. The first-order valence-electron chi connectivity index (χ1n) is 7.29. The normalized spacial score (nSPS) is 10.7. The number of aromatic nitrogens is 2. The van der Waals surface area contributed by atoms with Gasteiger partial charge < -0.3 is 5.32 Å². The number of carbonyl (C=O) groups excluding carboxylic acids is 1. The van der Waals surface area contributed by atoms with E-state index < -0.39 is 0 Å². The molecule has 0 aliphatic rings. The van der Waals surface area contributed by atoms with E-state index in [4.69, 9.17) is 23.2 Å². The van der Waals surface area contributed by atoms with Crippen molar-refractivity contribution < 1.29 is 4.79 Å². The number of benzene rings is 1. The second-order valence-corrected chi connectivity index (χ2v) is 7.96. The van der Waals surface area contributed by atoms with Gasteiger partial charge in [-0.3, -0.25) is 4.79 Å². The predicted molar refractivity (Wildman–Crippen MR) is 106 cm³/mol. The Morgan fingerprint density at radius 2 is 2.04 bits per heavy atom. The molecule has 0 atom stereocenters. The highest BCUT2D eigenvalue weighted by Crippen LogP contribution is 2.30. The van der Waals surface area contributed by atoms with Crippen LogP contribution in [0.25, 0.3) is 11.3 Å². The Morgan fingerprint density at radius 1 is 1.28 bits per heavy atom. The molecule has 1 aromatic carbocycles. The summed E-state index contributed by atoms with van der Waals surface area (Å²) in [6.07, 6.45) is 1.47. The zero-order chi connectivity index (χ0) is 17.8. The molecule has 0 unspecified atom stereocenters. The van der Waals surface area contributed by atoms with E-state index in [1.54, 1.807) is 6.92 Å². The van der Waals surface area contributed by atoms with Gasteiger partial charge in [0.25, 0.3) is 0 Å². The third kappa shape index (κ3) is 4.52. The molecule has 0 saturated carbocycles. The fourth-order valence-electron chi connectivity index (χ4n) is 2.00. The van der Waals surface area contributed by atoms with E-state index >= 15 is 0 Å². The van der Waals surface area contributed by atoms with Crippen molar-refractivity contribution >= 4 is 58.0 Å². The van der Waals surface area contributed by atoms with E-state index in [1.165, 1.54) is 29.3 Å². The quantitative estimate of drug-likeness (QED) is 0.561. The van der Waals surface area contributed by atoms with Crippen LogP contribution in [0.2, 0.25) is 10.0 Å². The maximum Gasteiger partial charge on any atom is 0.236 e. The zero-order valence-electron chi connectivity index (χ0n) is 13.1. The predicted octanol–water partition coefficient (Wildman–Crippen LogP) is 5.55. The highest BCUT2D eigenvalue weighted by atomic mass is 35.5. The number of nitrogens with zero attached hydrogens (tertiary/aromatic N) is 2. The van der Waals surface area contributed by atoms with Gasteiger partial charge in [0.1, 0.15) is 0 Å². The highest BCUT2D eigenvalue weighted by molar-refractivity contribution is 8.01. The molecule has 0 bridgehead atoms. The van der Waals surface area contributed by atoms with Crippen molar-refractivity contribution in [1.82, 2.24) is 9.97 Å². The molecule has 128 valence electrons. The third-order valence-electron chi connectivity index (χ3n) is 3.34. The van der Waals surface area contributed by atoms with Crippen molar-refractivity contribution in [2.75, 3.05) is 11.1 Å². The Balaban J connectivity index is 1.60. The summed E-state index contributed by atoms with van der Waals surface area (Å²) in [5.41, 5.74) is 2.66. The van der Waals surface area contributed by atoms with Gasteiger partial charge in [0.05, 0.1) is 21.5 Å². The average Bonchev–Trinajstić information content (AvgIpc) is 3.10. The van der Waals surface area contributed by atoms with Crippen LogP contribution in [0.5, 0.6) is 0 Å². The maximum absolute atomic E-state index is 12.1. The molecular formula is C17H13Cl2N3OS2. The van der Waals surface area contributed by atoms with E-state index in [2.05, 4.69) is 15.3 Å². The highest BCUT2D eigenvalue weighted by Gasteiger charge is 2.13. The fraction of sp³-hybridized carbons (Fsp3) is 0.118. The number of halogens is 2. The van der Waals surface area contributed by atoms with E-state index in [1.807, 2.05) is 35.7 Å². The summed E-state index contributed by atoms with van der Waals surface area (Å²) in [5, 5.41) is 5.50. The summed E-state index contributed by atoms with van der Waals surface area (Å²) in [7, 11) is 0. The minimum absolute atomic E-state index is 0.197. The number of pyridine rings is 1. The molecule has 2 aromatic heterocycles. The van der Waals surface area contributed by atoms with Crippen LogP contribution in [0.15, 0.2) is 46.2 Å². The van der Waals surface area contributed by atoms with Crippen LogP contribution in [-0.4, -0.2) is 21.6 Å². The van der Waals surface area contributed by atoms with Gasteiger partial charge in [-0.15, -0.1) is 11.3 Å². The topological polar surface area (TPSA) is 54.9 Å². The number of amides is 1.